The van der Waals surface area contributed by atoms with Crippen LogP contribution in [-0.4, -0.2) is 13.7 Å². The highest BCUT2D eigenvalue weighted by molar-refractivity contribution is 9.10. The third-order valence-corrected chi connectivity index (χ3v) is 3.57. The number of benzene rings is 2. The zero-order valence-electron chi connectivity index (χ0n) is 12.8. The fourth-order valence-corrected chi connectivity index (χ4v) is 2.66. The van der Waals surface area contributed by atoms with E-state index in [0.29, 0.717) is 13.2 Å². The van der Waals surface area contributed by atoms with Crippen molar-refractivity contribution >= 4 is 28.3 Å². The Morgan fingerprint density at radius 3 is 2.41 bits per heavy atom. The Morgan fingerprint density at radius 1 is 1.05 bits per heavy atom. The van der Waals surface area contributed by atoms with Crippen LogP contribution in [0.1, 0.15) is 18.1 Å². The summed E-state index contributed by atoms with van der Waals surface area (Å²) >= 11 is 3.58. The summed E-state index contributed by atoms with van der Waals surface area (Å²) in [7, 11) is 1.92. The third kappa shape index (κ3) is 5.20. The summed E-state index contributed by atoms with van der Waals surface area (Å²) in [6, 6.07) is 14.2. The number of hydrogen-bond donors (Lipinski definition) is 1. The third-order valence-electron chi connectivity index (χ3n) is 2.98. The van der Waals surface area contributed by atoms with Gasteiger partial charge in [0.25, 0.3) is 0 Å². The zero-order valence-corrected chi connectivity index (χ0v) is 15.2. The van der Waals surface area contributed by atoms with E-state index in [1.807, 2.05) is 50.4 Å². The first-order valence-electron chi connectivity index (χ1n) is 7.01. The standard InChI is InChI=1S/C17H20BrNO2.ClH/c1-3-20-16-10-14(11-19-2)9-15(18)17(16)21-12-13-7-5-4-6-8-13;/h4-10,19H,3,11-12H2,1-2H3;1H. The minimum Gasteiger partial charge on any atom is -0.490 e. The second-order valence-corrected chi connectivity index (χ2v) is 5.50. The molecule has 120 valence electrons. The van der Waals surface area contributed by atoms with Crippen LogP contribution in [0, 0.1) is 0 Å². The zero-order chi connectivity index (χ0) is 15.1. The Kier molecular flexibility index (Phi) is 8.31. The van der Waals surface area contributed by atoms with Gasteiger partial charge in [0.05, 0.1) is 11.1 Å². The molecule has 0 aliphatic rings. The Morgan fingerprint density at radius 2 is 1.77 bits per heavy atom. The minimum atomic E-state index is 0. The molecule has 5 heteroatoms. The van der Waals surface area contributed by atoms with E-state index in [4.69, 9.17) is 9.47 Å². The molecule has 0 saturated carbocycles. The summed E-state index contributed by atoms with van der Waals surface area (Å²) in [5.41, 5.74) is 2.28. The fraction of sp³-hybridized carbons (Fsp3) is 0.294. The summed E-state index contributed by atoms with van der Waals surface area (Å²) in [5, 5.41) is 3.14. The summed E-state index contributed by atoms with van der Waals surface area (Å²) in [5.74, 6) is 1.52. The van der Waals surface area contributed by atoms with Gasteiger partial charge in [0.2, 0.25) is 0 Å². The lowest BCUT2D eigenvalue weighted by Gasteiger charge is -2.15. The molecular weight excluding hydrogens is 366 g/mol. The monoisotopic (exact) mass is 385 g/mol. The maximum Gasteiger partial charge on any atom is 0.175 e. The van der Waals surface area contributed by atoms with Crippen LogP contribution in [0.4, 0.5) is 0 Å². The van der Waals surface area contributed by atoms with Crippen LogP contribution in [0.25, 0.3) is 0 Å². The Bertz CT molecular complexity index is 578. The van der Waals surface area contributed by atoms with Gasteiger partial charge >= 0.3 is 0 Å². The van der Waals surface area contributed by atoms with Crippen molar-refractivity contribution in [2.45, 2.75) is 20.1 Å². The van der Waals surface area contributed by atoms with Crippen LogP contribution in [-0.2, 0) is 13.2 Å². The van der Waals surface area contributed by atoms with Gasteiger partial charge in [0.1, 0.15) is 6.61 Å². The smallest absolute Gasteiger partial charge is 0.175 e. The molecule has 0 atom stereocenters. The largest absolute Gasteiger partial charge is 0.490 e. The van der Waals surface area contributed by atoms with Crippen LogP contribution in [0.5, 0.6) is 11.5 Å². The van der Waals surface area contributed by atoms with Crippen molar-refractivity contribution in [3.05, 3.63) is 58.1 Å². The van der Waals surface area contributed by atoms with E-state index in [2.05, 4.69) is 27.3 Å². The fourth-order valence-electron chi connectivity index (χ4n) is 2.06. The molecule has 22 heavy (non-hydrogen) atoms. The quantitative estimate of drug-likeness (QED) is 0.756. The van der Waals surface area contributed by atoms with Crippen LogP contribution >= 0.6 is 28.3 Å². The highest BCUT2D eigenvalue weighted by Crippen LogP contribution is 2.37. The molecule has 0 aromatic heterocycles. The summed E-state index contributed by atoms with van der Waals surface area (Å²) in [6.07, 6.45) is 0. The van der Waals surface area contributed by atoms with Crippen LogP contribution in [0.2, 0.25) is 0 Å². The second-order valence-electron chi connectivity index (χ2n) is 4.64. The van der Waals surface area contributed by atoms with Crippen LogP contribution < -0.4 is 14.8 Å². The first-order valence-corrected chi connectivity index (χ1v) is 7.80. The van der Waals surface area contributed by atoms with Crippen molar-refractivity contribution < 1.29 is 9.47 Å². The SMILES string of the molecule is CCOc1cc(CNC)cc(Br)c1OCc1ccccc1.Cl. The molecule has 0 fully saturated rings. The molecule has 2 aromatic carbocycles. The maximum atomic E-state index is 5.95. The minimum absolute atomic E-state index is 0. The van der Waals surface area contributed by atoms with Crippen molar-refractivity contribution in [1.82, 2.24) is 5.32 Å². The highest BCUT2D eigenvalue weighted by atomic mass is 79.9. The van der Waals surface area contributed by atoms with E-state index in [-0.39, 0.29) is 12.4 Å². The van der Waals surface area contributed by atoms with E-state index in [1.165, 1.54) is 0 Å². The maximum absolute atomic E-state index is 5.95. The molecule has 1 N–H and O–H groups in total. The van der Waals surface area contributed by atoms with Gasteiger partial charge in [-0.15, -0.1) is 12.4 Å². The highest BCUT2D eigenvalue weighted by Gasteiger charge is 2.12. The Labute approximate surface area is 146 Å². The van der Waals surface area contributed by atoms with Crippen molar-refractivity contribution in [2.75, 3.05) is 13.7 Å². The van der Waals surface area contributed by atoms with Crippen LogP contribution in [0.15, 0.2) is 46.9 Å². The Hall–Kier alpha value is -1.23. The van der Waals surface area contributed by atoms with E-state index in [0.717, 1.165) is 33.6 Å². The molecule has 0 spiro atoms. The molecule has 0 unspecified atom stereocenters. The number of halogens is 2. The van der Waals surface area contributed by atoms with Crippen molar-refractivity contribution in [1.29, 1.82) is 0 Å². The average molecular weight is 387 g/mol. The predicted octanol–water partition coefficient (Wildman–Crippen LogP) is 4.57. The molecule has 3 nitrogen and oxygen atoms in total. The number of nitrogens with one attached hydrogen (secondary N) is 1. The molecular formula is C17H21BrClNO2. The molecule has 0 radical (unpaired) electrons. The molecule has 0 heterocycles. The molecule has 0 bridgehead atoms. The molecule has 2 rings (SSSR count). The first-order chi connectivity index (χ1) is 10.2. The summed E-state index contributed by atoms with van der Waals surface area (Å²) in [4.78, 5) is 0. The van der Waals surface area contributed by atoms with Gasteiger partial charge in [-0.2, -0.15) is 0 Å². The topological polar surface area (TPSA) is 30.5 Å². The van der Waals surface area contributed by atoms with Gasteiger partial charge in [-0.25, -0.2) is 0 Å². The van der Waals surface area contributed by atoms with Gasteiger partial charge in [0, 0.05) is 6.54 Å². The van der Waals surface area contributed by atoms with E-state index >= 15 is 0 Å². The molecule has 0 saturated heterocycles. The molecule has 0 aliphatic carbocycles. The second kappa shape index (κ2) is 9.72. The van der Waals surface area contributed by atoms with Gasteiger partial charge in [-0.05, 0) is 53.2 Å². The lowest BCUT2D eigenvalue weighted by molar-refractivity contribution is 0.267. The average Bonchev–Trinajstić information content (AvgIpc) is 2.48. The van der Waals surface area contributed by atoms with E-state index in [9.17, 15) is 0 Å². The summed E-state index contributed by atoms with van der Waals surface area (Å²) < 4.78 is 12.6. The van der Waals surface area contributed by atoms with E-state index in [1.54, 1.807) is 0 Å². The number of hydrogen-bond acceptors (Lipinski definition) is 3. The van der Waals surface area contributed by atoms with Gasteiger partial charge in [-0.3, -0.25) is 0 Å². The van der Waals surface area contributed by atoms with Crippen molar-refractivity contribution in [3.8, 4) is 11.5 Å². The lowest BCUT2D eigenvalue weighted by atomic mass is 10.2. The number of rotatable bonds is 7. The van der Waals surface area contributed by atoms with Gasteiger partial charge < -0.3 is 14.8 Å². The molecule has 0 amide bonds. The molecule has 2 aromatic rings. The Balaban J connectivity index is 0.00000242. The van der Waals surface area contributed by atoms with Crippen molar-refractivity contribution in [2.24, 2.45) is 0 Å². The lowest BCUT2D eigenvalue weighted by Crippen LogP contribution is -2.07. The number of ether oxygens (including phenoxy) is 2. The summed E-state index contributed by atoms with van der Waals surface area (Å²) in [6.45, 7) is 3.89. The predicted molar refractivity (Wildman–Crippen MR) is 96.1 cm³/mol. The van der Waals surface area contributed by atoms with Crippen LogP contribution in [0.3, 0.4) is 0 Å². The normalized spacial score (nSPS) is 9.95. The van der Waals surface area contributed by atoms with E-state index < -0.39 is 0 Å². The molecule has 0 aliphatic heterocycles. The van der Waals surface area contributed by atoms with Crippen molar-refractivity contribution in [3.63, 3.8) is 0 Å². The van der Waals surface area contributed by atoms with Gasteiger partial charge in [-0.1, -0.05) is 30.3 Å². The first kappa shape index (κ1) is 18.8. The van der Waals surface area contributed by atoms with Gasteiger partial charge in [0.15, 0.2) is 11.5 Å².